The molecule has 5 heteroatoms. The lowest BCUT2D eigenvalue weighted by Crippen LogP contribution is -2.46. The molecule has 1 aromatic heterocycles. The lowest BCUT2D eigenvalue weighted by molar-refractivity contribution is 0.209. The van der Waals surface area contributed by atoms with Crippen molar-refractivity contribution >= 4 is 22.2 Å². The number of nitrogens with two attached hydrogens (primary N) is 1. The first-order valence-corrected chi connectivity index (χ1v) is 8.24. The number of para-hydroxylation sites is 1. The van der Waals surface area contributed by atoms with Crippen LogP contribution >= 0.6 is 11.3 Å². The van der Waals surface area contributed by atoms with Crippen LogP contribution in [0.15, 0.2) is 36.5 Å². The van der Waals surface area contributed by atoms with Crippen LogP contribution in [0.2, 0.25) is 0 Å². The van der Waals surface area contributed by atoms with Gasteiger partial charge in [0.15, 0.2) is 5.13 Å². The third-order valence-electron chi connectivity index (χ3n) is 4.12. The minimum Gasteiger partial charge on any atom is -0.375 e. The number of benzene rings is 1. The smallest absolute Gasteiger partial charge is 0.180 e. The van der Waals surface area contributed by atoms with Gasteiger partial charge in [0.05, 0.1) is 0 Å². The van der Waals surface area contributed by atoms with E-state index >= 15 is 0 Å². The molecule has 3 rings (SSSR count). The molecule has 1 aliphatic heterocycles. The molecular formula is C16H22N4S. The molecule has 0 spiro atoms. The Morgan fingerprint density at radius 2 is 2.19 bits per heavy atom. The maximum absolute atomic E-state index is 5.71. The van der Waals surface area contributed by atoms with Crippen molar-refractivity contribution < 1.29 is 0 Å². The van der Waals surface area contributed by atoms with Crippen LogP contribution in [0.25, 0.3) is 0 Å². The quantitative estimate of drug-likeness (QED) is 0.943. The first-order valence-electron chi connectivity index (χ1n) is 7.43. The molecule has 1 saturated heterocycles. The van der Waals surface area contributed by atoms with Crippen molar-refractivity contribution in [3.63, 3.8) is 0 Å². The molecule has 1 fully saturated rings. The second kappa shape index (κ2) is 6.45. The van der Waals surface area contributed by atoms with Crippen LogP contribution in [-0.4, -0.2) is 36.1 Å². The van der Waals surface area contributed by atoms with Crippen molar-refractivity contribution in [1.82, 2.24) is 9.88 Å². The molecule has 1 unspecified atom stereocenters. The van der Waals surface area contributed by atoms with E-state index in [9.17, 15) is 0 Å². The van der Waals surface area contributed by atoms with E-state index in [0.717, 1.165) is 19.6 Å². The normalized spacial score (nSPS) is 19.1. The van der Waals surface area contributed by atoms with Crippen LogP contribution < -0.4 is 10.6 Å². The van der Waals surface area contributed by atoms with Crippen LogP contribution in [0.5, 0.6) is 0 Å². The molecular weight excluding hydrogens is 280 g/mol. The van der Waals surface area contributed by atoms with E-state index in [-0.39, 0.29) is 0 Å². The van der Waals surface area contributed by atoms with Crippen LogP contribution in [0.1, 0.15) is 17.7 Å². The second-order valence-electron chi connectivity index (χ2n) is 5.66. The molecule has 1 aromatic carbocycles. The van der Waals surface area contributed by atoms with Gasteiger partial charge in [0.1, 0.15) is 0 Å². The van der Waals surface area contributed by atoms with Crippen molar-refractivity contribution in [2.45, 2.75) is 25.4 Å². The highest BCUT2D eigenvalue weighted by Crippen LogP contribution is 2.24. The molecule has 0 aliphatic carbocycles. The summed E-state index contributed by atoms with van der Waals surface area (Å²) in [4.78, 5) is 10.3. The Labute approximate surface area is 130 Å². The Hall–Kier alpha value is -1.59. The largest absolute Gasteiger partial charge is 0.375 e. The van der Waals surface area contributed by atoms with Gasteiger partial charge in [-0.3, -0.25) is 4.90 Å². The lowest BCUT2D eigenvalue weighted by atomic mass is 10.0. The van der Waals surface area contributed by atoms with Crippen LogP contribution in [-0.2, 0) is 6.54 Å². The molecule has 1 atom stereocenters. The molecule has 2 aromatic rings. The van der Waals surface area contributed by atoms with Gasteiger partial charge in [0.25, 0.3) is 0 Å². The number of rotatable bonds is 4. The Balaban J connectivity index is 1.62. The fourth-order valence-electron chi connectivity index (χ4n) is 2.96. The van der Waals surface area contributed by atoms with Crippen molar-refractivity contribution in [3.05, 3.63) is 41.4 Å². The number of anilines is 2. The highest BCUT2D eigenvalue weighted by molar-refractivity contribution is 7.15. The molecule has 2 N–H and O–H groups in total. The number of likely N-dealkylation sites (N-methyl/N-ethyl adjacent to an activating group) is 1. The predicted molar refractivity (Wildman–Crippen MR) is 89.7 cm³/mol. The van der Waals surface area contributed by atoms with Gasteiger partial charge < -0.3 is 10.6 Å². The Morgan fingerprint density at radius 1 is 1.38 bits per heavy atom. The van der Waals surface area contributed by atoms with Gasteiger partial charge in [-0.05, 0) is 32.0 Å². The van der Waals surface area contributed by atoms with Gasteiger partial charge in [0.2, 0.25) is 0 Å². The number of aromatic nitrogens is 1. The van der Waals surface area contributed by atoms with Gasteiger partial charge in [0, 0.05) is 42.4 Å². The molecule has 0 saturated carbocycles. The Bertz CT molecular complexity index is 569. The van der Waals surface area contributed by atoms with Crippen LogP contribution in [0.3, 0.4) is 0 Å². The summed E-state index contributed by atoms with van der Waals surface area (Å²) in [6.07, 6.45) is 4.40. The average molecular weight is 302 g/mol. The monoisotopic (exact) mass is 302 g/mol. The highest BCUT2D eigenvalue weighted by Gasteiger charge is 2.23. The van der Waals surface area contributed by atoms with Gasteiger partial charge in [-0.2, -0.15) is 0 Å². The summed E-state index contributed by atoms with van der Waals surface area (Å²) in [5.74, 6) is 0. The molecule has 4 nitrogen and oxygen atoms in total. The van der Waals surface area contributed by atoms with E-state index in [4.69, 9.17) is 5.73 Å². The molecule has 112 valence electrons. The van der Waals surface area contributed by atoms with E-state index < -0.39 is 0 Å². The number of nitrogens with zero attached hydrogens (tertiary/aromatic N) is 3. The minimum atomic E-state index is 0.585. The summed E-state index contributed by atoms with van der Waals surface area (Å²) in [6, 6.07) is 11.3. The molecule has 0 amide bonds. The van der Waals surface area contributed by atoms with Gasteiger partial charge in [-0.1, -0.05) is 18.2 Å². The molecule has 2 heterocycles. The maximum atomic E-state index is 5.71. The highest BCUT2D eigenvalue weighted by atomic mass is 32.1. The Kier molecular flexibility index (Phi) is 4.41. The number of piperidine rings is 1. The minimum absolute atomic E-state index is 0.585. The summed E-state index contributed by atoms with van der Waals surface area (Å²) in [6.45, 7) is 3.18. The number of thiazole rings is 1. The molecule has 0 bridgehead atoms. The zero-order valence-corrected chi connectivity index (χ0v) is 13.2. The maximum Gasteiger partial charge on any atom is 0.180 e. The van der Waals surface area contributed by atoms with Crippen LogP contribution in [0.4, 0.5) is 10.8 Å². The SMILES string of the molecule is CN(Cc1cnc(N)s1)C1CCCN(c2ccccc2)C1. The van der Waals surface area contributed by atoms with E-state index in [1.807, 2.05) is 6.20 Å². The van der Waals surface area contributed by atoms with Gasteiger partial charge in [-0.15, -0.1) is 11.3 Å². The fourth-order valence-corrected chi connectivity index (χ4v) is 3.71. The van der Waals surface area contributed by atoms with E-state index in [2.05, 4.69) is 52.2 Å². The van der Waals surface area contributed by atoms with E-state index in [1.54, 1.807) is 11.3 Å². The van der Waals surface area contributed by atoms with Crippen molar-refractivity contribution in [3.8, 4) is 0 Å². The summed E-state index contributed by atoms with van der Waals surface area (Å²) >= 11 is 1.59. The van der Waals surface area contributed by atoms with Crippen LogP contribution in [0, 0.1) is 0 Å². The first kappa shape index (κ1) is 14.4. The predicted octanol–water partition coefficient (Wildman–Crippen LogP) is 2.83. The molecule has 1 aliphatic rings. The lowest BCUT2D eigenvalue weighted by Gasteiger charge is -2.38. The topological polar surface area (TPSA) is 45.4 Å². The van der Waals surface area contributed by atoms with Gasteiger partial charge in [-0.25, -0.2) is 4.98 Å². The van der Waals surface area contributed by atoms with Crippen molar-refractivity contribution in [2.24, 2.45) is 0 Å². The summed E-state index contributed by atoms with van der Waals surface area (Å²) in [5.41, 5.74) is 7.04. The zero-order chi connectivity index (χ0) is 14.7. The third kappa shape index (κ3) is 3.54. The summed E-state index contributed by atoms with van der Waals surface area (Å²) < 4.78 is 0. The first-order chi connectivity index (χ1) is 10.2. The number of nitrogen functional groups attached to an aromatic ring is 1. The summed E-state index contributed by atoms with van der Waals surface area (Å²) in [5, 5.41) is 0.660. The fraction of sp³-hybridized carbons (Fsp3) is 0.438. The number of hydrogen-bond donors (Lipinski definition) is 1. The average Bonchev–Trinajstić information content (AvgIpc) is 2.93. The third-order valence-corrected chi connectivity index (χ3v) is 4.93. The van der Waals surface area contributed by atoms with Crippen molar-refractivity contribution in [2.75, 3.05) is 30.8 Å². The Morgan fingerprint density at radius 3 is 2.90 bits per heavy atom. The molecule has 21 heavy (non-hydrogen) atoms. The number of hydrogen-bond acceptors (Lipinski definition) is 5. The van der Waals surface area contributed by atoms with Gasteiger partial charge >= 0.3 is 0 Å². The van der Waals surface area contributed by atoms with E-state index in [0.29, 0.717) is 11.2 Å². The summed E-state index contributed by atoms with van der Waals surface area (Å²) in [7, 11) is 2.20. The second-order valence-corrected chi connectivity index (χ2v) is 6.80. The van der Waals surface area contributed by atoms with E-state index in [1.165, 1.54) is 23.4 Å². The molecule has 0 radical (unpaired) electrons. The zero-order valence-electron chi connectivity index (χ0n) is 12.4. The standard InChI is InChI=1S/C16H22N4S/c1-19(12-15-10-18-16(17)21-15)14-8-5-9-20(11-14)13-6-3-2-4-7-13/h2-4,6-7,10,14H,5,8-9,11-12H2,1H3,(H2,17,18). The van der Waals surface area contributed by atoms with Crippen molar-refractivity contribution in [1.29, 1.82) is 0 Å².